The zero-order valence-corrected chi connectivity index (χ0v) is 26.6. The van der Waals surface area contributed by atoms with Crippen molar-refractivity contribution in [2.24, 2.45) is 11.8 Å². The monoisotopic (exact) mass is 616 g/mol. The van der Waals surface area contributed by atoms with Gasteiger partial charge in [-0.05, 0) is 55.8 Å². The first-order valence-electron chi connectivity index (χ1n) is 16.1. The van der Waals surface area contributed by atoms with Crippen LogP contribution in [0.3, 0.4) is 0 Å². The number of nitrogens with zero attached hydrogens (tertiary/aromatic N) is 2. The standard InChI is InChI=1S/C35H44N4O4S/c1-3-38(23-24-12-6-4-7-13-24)20-11-21-39-31(33(41)36-25-14-8-5-9-15-25)35-19-18-28(43-35)29(30(35)34(39)42)32(40)37-26-16-10-17-27(22-26)44-2/h4,6-7,10,12-13,16-19,22,25,28-31H,3,5,8-9,11,14-15,20-21,23H2,1-2H3,(H,36,41)(H,37,40)/t28-,29-,30-,31-,35+/m1/s1. The Morgan fingerprint density at radius 1 is 1.07 bits per heavy atom. The Kier molecular flexibility index (Phi) is 9.45. The van der Waals surface area contributed by atoms with Crippen LogP contribution in [0.25, 0.3) is 0 Å². The highest BCUT2D eigenvalue weighted by atomic mass is 32.2. The zero-order valence-electron chi connectivity index (χ0n) is 25.7. The smallest absolute Gasteiger partial charge is 0.246 e. The van der Waals surface area contributed by atoms with E-state index in [4.69, 9.17) is 4.74 Å². The first-order valence-corrected chi connectivity index (χ1v) is 17.3. The van der Waals surface area contributed by atoms with Crippen LogP contribution >= 0.6 is 11.8 Å². The number of rotatable bonds is 12. The largest absolute Gasteiger partial charge is 0.359 e. The lowest BCUT2D eigenvalue weighted by atomic mass is 9.74. The Bertz CT molecular complexity index is 1380. The maximum absolute atomic E-state index is 14.3. The number of likely N-dealkylation sites (tertiary alicyclic amines) is 1. The summed E-state index contributed by atoms with van der Waals surface area (Å²) < 4.78 is 6.54. The van der Waals surface area contributed by atoms with Gasteiger partial charge in [0, 0.05) is 36.3 Å². The second-order valence-corrected chi connectivity index (χ2v) is 13.4. The van der Waals surface area contributed by atoms with Gasteiger partial charge in [-0.3, -0.25) is 19.3 Å². The number of thioether (sulfide) groups is 1. The lowest BCUT2D eigenvalue weighted by Crippen LogP contribution is -2.56. The van der Waals surface area contributed by atoms with Crippen molar-refractivity contribution in [3.05, 3.63) is 72.3 Å². The lowest BCUT2D eigenvalue weighted by Gasteiger charge is -2.34. The molecule has 6 rings (SSSR count). The third-order valence-corrected chi connectivity index (χ3v) is 10.5. The Labute approximate surface area is 265 Å². The van der Waals surface area contributed by atoms with Crippen LogP contribution in [0, 0.1) is 11.8 Å². The van der Waals surface area contributed by atoms with Crippen LogP contribution in [0.5, 0.6) is 0 Å². The summed E-state index contributed by atoms with van der Waals surface area (Å²) in [5.41, 5.74) is 0.796. The molecule has 1 aliphatic carbocycles. The van der Waals surface area contributed by atoms with Crippen molar-refractivity contribution in [3.63, 3.8) is 0 Å². The van der Waals surface area contributed by atoms with Crippen LogP contribution in [0.2, 0.25) is 0 Å². The van der Waals surface area contributed by atoms with Gasteiger partial charge in [0.25, 0.3) is 0 Å². The van der Waals surface area contributed by atoms with E-state index >= 15 is 0 Å². The van der Waals surface area contributed by atoms with Gasteiger partial charge in [-0.1, -0.05) is 74.7 Å². The van der Waals surface area contributed by atoms with Crippen molar-refractivity contribution in [1.29, 1.82) is 0 Å². The van der Waals surface area contributed by atoms with E-state index in [-0.39, 0.29) is 23.8 Å². The third kappa shape index (κ3) is 6.06. The fourth-order valence-electron chi connectivity index (χ4n) is 7.62. The normalized spacial score (nSPS) is 27.6. The Morgan fingerprint density at radius 3 is 2.61 bits per heavy atom. The molecule has 234 valence electrons. The molecule has 2 aromatic rings. The number of fused-ring (bicyclic) bond motifs is 1. The molecule has 3 aliphatic heterocycles. The van der Waals surface area contributed by atoms with E-state index < -0.39 is 29.6 Å². The van der Waals surface area contributed by atoms with E-state index in [1.165, 1.54) is 12.0 Å². The predicted molar refractivity (Wildman–Crippen MR) is 173 cm³/mol. The average molecular weight is 617 g/mol. The molecule has 3 heterocycles. The van der Waals surface area contributed by atoms with Crippen molar-refractivity contribution in [2.75, 3.05) is 31.2 Å². The van der Waals surface area contributed by atoms with E-state index in [9.17, 15) is 14.4 Å². The van der Waals surface area contributed by atoms with E-state index in [0.717, 1.165) is 50.2 Å². The molecule has 3 fully saturated rings. The second kappa shape index (κ2) is 13.5. The number of anilines is 1. The number of hydrogen-bond acceptors (Lipinski definition) is 6. The van der Waals surface area contributed by atoms with Gasteiger partial charge < -0.3 is 20.3 Å². The molecule has 9 heteroatoms. The van der Waals surface area contributed by atoms with Crippen molar-refractivity contribution < 1.29 is 19.1 Å². The minimum absolute atomic E-state index is 0.107. The highest BCUT2D eigenvalue weighted by molar-refractivity contribution is 7.98. The van der Waals surface area contributed by atoms with Crippen molar-refractivity contribution in [3.8, 4) is 0 Å². The quantitative estimate of drug-likeness (QED) is 0.262. The molecule has 2 bridgehead atoms. The van der Waals surface area contributed by atoms with E-state index in [1.54, 1.807) is 16.7 Å². The second-order valence-electron chi connectivity index (χ2n) is 12.5. The topological polar surface area (TPSA) is 91.0 Å². The summed E-state index contributed by atoms with van der Waals surface area (Å²) >= 11 is 1.60. The van der Waals surface area contributed by atoms with Gasteiger partial charge in [0.1, 0.15) is 11.6 Å². The van der Waals surface area contributed by atoms with Gasteiger partial charge in [0.05, 0.1) is 17.9 Å². The molecule has 0 unspecified atom stereocenters. The predicted octanol–water partition coefficient (Wildman–Crippen LogP) is 4.86. The van der Waals surface area contributed by atoms with Gasteiger partial charge in [-0.15, -0.1) is 11.8 Å². The van der Waals surface area contributed by atoms with Crippen LogP contribution < -0.4 is 10.6 Å². The van der Waals surface area contributed by atoms with Gasteiger partial charge in [-0.2, -0.15) is 0 Å². The molecule has 5 atom stereocenters. The molecule has 2 saturated heterocycles. The summed E-state index contributed by atoms with van der Waals surface area (Å²) in [5.74, 6) is -2.01. The molecule has 3 amide bonds. The first-order chi connectivity index (χ1) is 21.4. The SMILES string of the molecule is CCN(CCCN1C(=O)[C@H]2[C@H](C(=O)Nc3cccc(SC)c3)[C@H]3C=C[C@@]2(O3)[C@H]1C(=O)NC1CCCCC1)Cc1ccccc1. The van der Waals surface area contributed by atoms with E-state index in [0.29, 0.717) is 18.7 Å². The fraction of sp³-hybridized carbons (Fsp3) is 0.514. The molecule has 2 N–H and O–H groups in total. The van der Waals surface area contributed by atoms with E-state index in [2.05, 4.69) is 34.6 Å². The zero-order chi connectivity index (χ0) is 30.7. The first kappa shape index (κ1) is 30.9. The van der Waals surface area contributed by atoms with Crippen molar-refractivity contribution >= 4 is 35.2 Å². The van der Waals surface area contributed by atoms with Crippen LogP contribution in [-0.2, 0) is 25.7 Å². The van der Waals surface area contributed by atoms with Crippen LogP contribution in [-0.4, -0.2) is 77.2 Å². The number of carbonyl (C=O) groups is 3. The molecule has 0 aromatic heterocycles. The number of hydrogen-bond donors (Lipinski definition) is 2. The fourth-order valence-corrected chi connectivity index (χ4v) is 8.08. The minimum Gasteiger partial charge on any atom is -0.359 e. The van der Waals surface area contributed by atoms with Crippen LogP contribution in [0.1, 0.15) is 51.0 Å². The molecule has 4 aliphatic rings. The third-order valence-electron chi connectivity index (χ3n) is 9.78. The van der Waals surface area contributed by atoms with Crippen LogP contribution in [0.15, 0.2) is 71.6 Å². The Hall–Kier alpha value is -3.14. The lowest BCUT2D eigenvalue weighted by molar-refractivity contribution is -0.141. The molecule has 44 heavy (non-hydrogen) atoms. The molecule has 2 aromatic carbocycles. The molecular weight excluding hydrogens is 572 g/mol. The van der Waals surface area contributed by atoms with E-state index in [1.807, 2.05) is 60.9 Å². The highest BCUT2D eigenvalue weighted by Gasteiger charge is 2.72. The average Bonchev–Trinajstić information content (AvgIpc) is 3.69. The maximum atomic E-state index is 14.3. The number of carbonyl (C=O) groups excluding carboxylic acids is 3. The minimum atomic E-state index is -1.14. The van der Waals surface area contributed by atoms with Gasteiger partial charge in [0.15, 0.2) is 0 Å². The van der Waals surface area contributed by atoms with Crippen LogP contribution in [0.4, 0.5) is 5.69 Å². The van der Waals surface area contributed by atoms with Gasteiger partial charge >= 0.3 is 0 Å². The van der Waals surface area contributed by atoms with Crippen molar-refractivity contribution in [2.45, 2.75) is 80.7 Å². The molecule has 1 spiro atoms. The summed E-state index contributed by atoms with van der Waals surface area (Å²) in [4.78, 5) is 47.3. The number of benzene rings is 2. The molecule has 8 nitrogen and oxygen atoms in total. The summed E-state index contributed by atoms with van der Waals surface area (Å²) in [5, 5.41) is 6.32. The van der Waals surface area contributed by atoms with Gasteiger partial charge in [-0.25, -0.2) is 0 Å². The van der Waals surface area contributed by atoms with Crippen molar-refractivity contribution in [1.82, 2.24) is 15.1 Å². The maximum Gasteiger partial charge on any atom is 0.246 e. The highest BCUT2D eigenvalue weighted by Crippen LogP contribution is 2.55. The number of nitrogens with one attached hydrogen (secondary N) is 2. The Morgan fingerprint density at radius 2 is 1.86 bits per heavy atom. The number of ether oxygens (including phenoxy) is 1. The van der Waals surface area contributed by atoms with Gasteiger partial charge in [0.2, 0.25) is 17.7 Å². The summed E-state index contributed by atoms with van der Waals surface area (Å²) in [6, 6.07) is 17.4. The molecular formula is C35H44N4O4S. The summed E-state index contributed by atoms with van der Waals surface area (Å²) in [6.45, 7) is 5.07. The summed E-state index contributed by atoms with van der Waals surface area (Å²) in [6.07, 6.45) is 11.2. The summed E-state index contributed by atoms with van der Waals surface area (Å²) in [7, 11) is 0. The molecule has 0 radical (unpaired) electrons. The Balaban J connectivity index is 1.22. The number of amides is 3. The molecule has 1 saturated carbocycles.